The highest BCUT2D eigenvalue weighted by Gasteiger charge is 2.38. The Balaban J connectivity index is 2.02. The highest BCUT2D eigenvalue weighted by atomic mass is 16.6. The third kappa shape index (κ3) is 3.87. The monoisotopic (exact) mass is 303 g/mol. The van der Waals surface area contributed by atoms with Crippen molar-refractivity contribution in [2.75, 3.05) is 13.7 Å². The van der Waals surface area contributed by atoms with Crippen molar-refractivity contribution in [2.24, 2.45) is 0 Å². The maximum Gasteiger partial charge on any atom is 0.411 e. The number of likely N-dealkylation sites (tertiary alicyclic amines) is 1. The third-order valence-corrected chi connectivity index (χ3v) is 3.61. The molecule has 1 aliphatic rings. The number of benzene rings is 1. The van der Waals surface area contributed by atoms with Crippen LogP contribution in [0.5, 0.6) is 0 Å². The molecule has 118 valence electrons. The van der Waals surface area contributed by atoms with Gasteiger partial charge in [0.15, 0.2) is 0 Å². The van der Waals surface area contributed by atoms with Gasteiger partial charge in [0.25, 0.3) is 0 Å². The van der Waals surface area contributed by atoms with Gasteiger partial charge in [0.1, 0.15) is 12.6 Å². The number of rotatable bonds is 4. The molecule has 0 bridgehead atoms. The van der Waals surface area contributed by atoms with E-state index in [0.717, 1.165) is 17.6 Å². The number of hydrogen-bond donors (Lipinski definition) is 0. The van der Waals surface area contributed by atoms with Crippen LogP contribution in [0.25, 0.3) is 0 Å². The number of nitrogens with zero attached hydrogens (tertiary/aromatic N) is 1. The average Bonchev–Trinajstić information content (AvgIpc) is 2.97. The van der Waals surface area contributed by atoms with Gasteiger partial charge < -0.3 is 9.47 Å². The maximum absolute atomic E-state index is 12.3. The molecule has 1 amide bonds. The molecule has 0 aromatic heterocycles. The minimum absolute atomic E-state index is 0.191. The largest absolute Gasteiger partial charge is 0.467 e. The van der Waals surface area contributed by atoms with Gasteiger partial charge in [0.05, 0.1) is 7.11 Å². The first-order valence-electron chi connectivity index (χ1n) is 7.38. The maximum atomic E-state index is 12.3. The Morgan fingerprint density at radius 2 is 2.05 bits per heavy atom. The molecule has 2 rings (SSSR count). The Hall–Kier alpha value is -2.30. The summed E-state index contributed by atoms with van der Waals surface area (Å²) in [7, 11) is 1.33. The molecular weight excluding hydrogens is 282 g/mol. The van der Waals surface area contributed by atoms with Crippen LogP contribution in [0, 0.1) is 0 Å². The van der Waals surface area contributed by atoms with Crippen molar-refractivity contribution in [3.05, 3.63) is 47.5 Å². The van der Waals surface area contributed by atoms with Crippen LogP contribution in [0.1, 0.15) is 25.3 Å². The highest BCUT2D eigenvalue weighted by Crippen LogP contribution is 2.25. The van der Waals surface area contributed by atoms with E-state index in [2.05, 4.69) is 0 Å². The van der Waals surface area contributed by atoms with Crippen molar-refractivity contribution < 1.29 is 19.1 Å². The van der Waals surface area contributed by atoms with E-state index in [1.165, 1.54) is 12.0 Å². The summed E-state index contributed by atoms with van der Waals surface area (Å²) in [6, 6.07) is 8.86. The Bertz CT molecular complexity index is 553. The number of methoxy groups -OCH3 is 1. The van der Waals surface area contributed by atoms with E-state index in [-0.39, 0.29) is 6.61 Å². The van der Waals surface area contributed by atoms with E-state index in [0.29, 0.717) is 13.0 Å². The van der Waals surface area contributed by atoms with E-state index in [9.17, 15) is 9.59 Å². The van der Waals surface area contributed by atoms with Crippen molar-refractivity contribution in [3.63, 3.8) is 0 Å². The molecule has 5 nitrogen and oxygen atoms in total. The molecule has 0 radical (unpaired) electrons. The Morgan fingerprint density at radius 3 is 2.68 bits per heavy atom. The summed E-state index contributed by atoms with van der Waals surface area (Å²) in [5.74, 6) is -0.406. The van der Waals surface area contributed by atoms with Crippen LogP contribution in [0.3, 0.4) is 0 Å². The van der Waals surface area contributed by atoms with Crippen molar-refractivity contribution in [1.29, 1.82) is 0 Å². The summed E-state index contributed by atoms with van der Waals surface area (Å²) in [5.41, 5.74) is 1.98. The predicted octanol–water partition coefficient (Wildman–Crippen LogP) is 2.91. The van der Waals surface area contributed by atoms with Gasteiger partial charge in [-0.05, 0) is 12.0 Å². The second-order valence-electron chi connectivity index (χ2n) is 5.18. The number of hydrogen-bond acceptors (Lipinski definition) is 4. The minimum Gasteiger partial charge on any atom is -0.467 e. The molecule has 1 unspecified atom stereocenters. The van der Waals surface area contributed by atoms with Gasteiger partial charge in [-0.25, -0.2) is 9.59 Å². The van der Waals surface area contributed by atoms with Crippen LogP contribution in [0.4, 0.5) is 4.79 Å². The summed E-state index contributed by atoms with van der Waals surface area (Å²) in [5, 5.41) is 0. The quantitative estimate of drug-likeness (QED) is 0.634. The lowest BCUT2D eigenvalue weighted by Crippen LogP contribution is -2.41. The molecule has 0 N–H and O–H groups in total. The van der Waals surface area contributed by atoms with Gasteiger partial charge in [-0.2, -0.15) is 0 Å². The van der Waals surface area contributed by atoms with Crippen LogP contribution >= 0.6 is 0 Å². The summed E-state index contributed by atoms with van der Waals surface area (Å²) >= 11 is 0. The minimum atomic E-state index is -0.592. The van der Waals surface area contributed by atoms with Crippen LogP contribution in [-0.4, -0.2) is 36.7 Å². The van der Waals surface area contributed by atoms with Crippen molar-refractivity contribution in [3.8, 4) is 0 Å². The zero-order chi connectivity index (χ0) is 15.9. The fourth-order valence-corrected chi connectivity index (χ4v) is 2.53. The van der Waals surface area contributed by atoms with E-state index in [1.807, 2.05) is 43.3 Å². The molecular formula is C17H21NO4. The van der Waals surface area contributed by atoms with Gasteiger partial charge in [-0.3, -0.25) is 4.90 Å². The standard InChI is InChI=1S/C17H21NO4/c1-3-7-14-10-15(16(19)21-2)18(11-14)17(20)22-12-13-8-5-4-6-9-13/h4-9,15H,3,10-12H2,1-2H3/b14-7-. The first-order valence-corrected chi connectivity index (χ1v) is 7.38. The Morgan fingerprint density at radius 1 is 1.32 bits per heavy atom. The van der Waals surface area contributed by atoms with E-state index in [1.54, 1.807) is 0 Å². The molecule has 0 spiro atoms. The van der Waals surface area contributed by atoms with Gasteiger partial charge in [0, 0.05) is 13.0 Å². The van der Waals surface area contributed by atoms with Crippen molar-refractivity contribution >= 4 is 12.1 Å². The van der Waals surface area contributed by atoms with Crippen molar-refractivity contribution in [2.45, 2.75) is 32.4 Å². The van der Waals surface area contributed by atoms with Crippen LogP contribution in [0.2, 0.25) is 0 Å². The molecule has 1 saturated heterocycles. The molecule has 1 fully saturated rings. The highest BCUT2D eigenvalue weighted by molar-refractivity contribution is 5.83. The molecule has 1 aromatic rings. The van der Waals surface area contributed by atoms with Crippen LogP contribution in [-0.2, 0) is 20.9 Å². The Labute approximate surface area is 130 Å². The van der Waals surface area contributed by atoms with Crippen molar-refractivity contribution in [1.82, 2.24) is 4.90 Å². The van der Waals surface area contributed by atoms with E-state index >= 15 is 0 Å². The predicted molar refractivity (Wildman–Crippen MR) is 82.1 cm³/mol. The smallest absolute Gasteiger partial charge is 0.411 e. The van der Waals surface area contributed by atoms with Gasteiger partial charge in [-0.1, -0.05) is 48.9 Å². The fourth-order valence-electron chi connectivity index (χ4n) is 2.53. The number of amides is 1. The first kappa shape index (κ1) is 16.1. The molecule has 22 heavy (non-hydrogen) atoms. The average molecular weight is 303 g/mol. The zero-order valence-electron chi connectivity index (χ0n) is 13.0. The molecule has 1 heterocycles. The van der Waals surface area contributed by atoms with Crippen LogP contribution in [0.15, 0.2) is 42.0 Å². The third-order valence-electron chi connectivity index (χ3n) is 3.61. The first-order chi connectivity index (χ1) is 10.7. The summed E-state index contributed by atoms with van der Waals surface area (Å²) in [6.45, 7) is 2.63. The molecule has 0 saturated carbocycles. The molecule has 5 heteroatoms. The number of allylic oxidation sites excluding steroid dienone is 1. The summed E-state index contributed by atoms with van der Waals surface area (Å²) in [4.78, 5) is 25.6. The topological polar surface area (TPSA) is 55.8 Å². The number of esters is 1. The van der Waals surface area contributed by atoms with Gasteiger partial charge >= 0.3 is 12.1 Å². The SMILES string of the molecule is CC/C=C1/CC(C(=O)OC)N(C(=O)OCc2ccccc2)C1. The van der Waals surface area contributed by atoms with E-state index < -0.39 is 18.1 Å². The molecule has 1 aliphatic heterocycles. The lowest BCUT2D eigenvalue weighted by atomic mass is 10.1. The molecule has 1 aromatic carbocycles. The Kier molecular flexibility index (Phi) is 5.58. The second-order valence-corrected chi connectivity index (χ2v) is 5.18. The lowest BCUT2D eigenvalue weighted by molar-refractivity contribution is -0.145. The van der Waals surface area contributed by atoms with E-state index in [4.69, 9.17) is 9.47 Å². The van der Waals surface area contributed by atoms with Crippen LogP contribution < -0.4 is 0 Å². The van der Waals surface area contributed by atoms with Gasteiger partial charge in [-0.15, -0.1) is 0 Å². The molecule has 0 aliphatic carbocycles. The summed E-state index contributed by atoms with van der Waals surface area (Å²) in [6.07, 6.45) is 2.94. The number of carbonyl (C=O) groups is 2. The number of ether oxygens (including phenoxy) is 2. The lowest BCUT2D eigenvalue weighted by Gasteiger charge is -2.21. The second kappa shape index (κ2) is 7.64. The van der Waals surface area contributed by atoms with Gasteiger partial charge in [0.2, 0.25) is 0 Å². The zero-order valence-corrected chi connectivity index (χ0v) is 13.0. The summed E-state index contributed by atoms with van der Waals surface area (Å²) < 4.78 is 10.1. The number of carbonyl (C=O) groups excluding carboxylic acids is 2. The normalized spacial score (nSPS) is 19.3. The fraction of sp³-hybridized carbons (Fsp3) is 0.412. The molecule has 1 atom stereocenters.